The highest BCUT2D eigenvalue weighted by Gasteiger charge is 2.23. The molecule has 0 saturated heterocycles. The zero-order valence-electron chi connectivity index (χ0n) is 15.3. The summed E-state index contributed by atoms with van der Waals surface area (Å²) in [6.07, 6.45) is 5.81. The molecular weight excluding hydrogens is 483 g/mol. The van der Waals surface area contributed by atoms with Gasteiger partial charge in [0.25, 0.3) is 0 Å². The molecule has 0 aliphatic heterocycles. The number of aliphatic hydroxyl groups is 1. The molecule has 0 radical (unpaired) electrons. The van der Waals surface area contributed by atoms with Crippen LogP contribution in [0.15, 0.2) is 42.7 Å². The number of aromatic nitrogens is 3. The van der Waals surface area contributed by atoms with E-state index in [-0.39, 0.29) is 12.1 Å². The summed E-state index contributed by atoms with van der Waals surface area (Å²) < 4.78 is 4.55. The highest BCUT2D eigenvalue weighted by Crippen LogP contribution is 2.30. The molecule has 0 spiro atoms. The third kappa shape index (κ3) is 3.62. The van der Waals surface area contributed by atoms with Crippen LogP contribution in [0.4, 0.5) is 5.13 Å². The first-order valence-electron chi connectivity index (χ1n) is 9.60. The van der Waals surface area contributed by atoms with Gasteiger partial charge in [-0.1, -0.05) is 30.2 Å². The fourth-order valence-corrected chi connectivity index (χ4v) is 5.39. The number of fused-ring (bicyclic) bond motifs is 2. The molecule has 5 nitrogen and oxygen atoms in total. The first kappa shape index (κ1) is 18.3. The van der Waals surface area contributed by atoms with Crippen LogP contribution in [-0.2, 0) is 6.54 Å². The van der Waals surface area contributed by atoms with Crippen molar-refractivity contribution in [3.8, 4) is 0 Å². The molecule has 5 rings (SSSR count). The number of halogens is 1. The van der Waals surface area contributed by atoms with Gasteiger partial charge in [0.2, 0.25) is 0 Å². The number of hydrogen-bond donors (Lipinski definition) is 2. The van der Waals surface area contributed by atoms with Crippen LogP contribution in [0.1, 0.15) is 31.2 Å². The van der Waals surface area contributed by atoms with Crippen LogP contribution in [0.25, 0.3) is 21.3 Å². The number of benzene rings is 2. The number of anilines is 1. The van der Waals surface area contributed by atoms with Crippen LogP contribution >= 0.6 is 33.9 Å². The lowest BCUT2D eigenvalue weighted by Crippen LogP contribution is -2.36. The maximum Gasteiger partial charge on any atom is 0.184 e. The van der Waals surface area contributed by atoms with Crippen LogP contribution < -0.4 is 5.32 Å². The summed E-state index contributed by atoms with van der Waals surface area (Å²) in [5.41, 5.74) is 4.42. The normalized spacial score (nSPS) is 20.1. The molecule has 2 heterocycles. The van der Waals surface area contributed by atoms with Crippen LogP contribution in [0.3, 0.4) is 0 Å². The first-order valence-corrected chi connectivity index (χ1v) is 11.5. The van der Waals surface area contributed by atoms with E-state index in [1.54, 1.807) is 11.3 Å². The van der Waals surface area contributed by atoms with Gasteiger partial charge in [0, 0.05) is 10.1 Å². The number of nitrogens with zero attached hydrogens (tertiary/aromatic N) is 3. The SMILES string of the molecule is O[C@@H]1CCCC[C@H]1Nc1nc2ccc(Cn3cnc4cc(I)ccc43)cc2s1. The summed E-state index contributed by atoms with van der Waals surface area (Å²) in [5.74, 6) is 0. The Morgan fingerprint density at radius 3 is 2.93 bits per heavy atom. The monoisotopic (exact) mass is 504 g/mol. The smallest absolute Gasteiger partial charge is 0.184 e. The molecule has 2 N–H and O–H groups in total. The Bertz CT molecular complexity index is 1140. The minimum absolute atomic E-state index is 0.119. The van der Waals surface area contributed by atoms with Crippen molar-refractivity contribution in [3.63, 3.8) is 0 Å². The van der Waals surface area contributed by atoms with Gasteiger partial charge >= 0.3 is 0 Å². The largest absolute Gasteiger partial charge is 0.391 e. The van der Waals surface area contributed by atoms with E-state index in [1.807, 2.05) is 6.33 Å². The Labute approximate surface area is 181 Å². The third-order valence-electron chi connectivity index (χ3n) is 5.43. The number of thiazole rings is 1. The average molecular weight is 504 g/mol. The van der Waals surface area contributed by atoms with Gasteiger partial charge in [-0.15, -0.1) is 0 Å². The number of aliphatic hydroxyl groups excluding tert-OH is 1. The summed E-state index contributed by atoms with van der Waals surface area (Å²) in [4.78, 5) is 9.24. The second-order valence-electron chi connectivity index (χ2n) is 7.43. The Balaban J connectivity index is 1.38. The van der Waals surface area contributed by atoms with Crippen LogP contribution in [-0.4, -0.2) is 31.8 Å². The summed E-state index contributed by atoms with van der Waals surface area (Å²) in [7, 11) is 0. The number of rotatable bonds is 4. The molecule has 2 aromatic heterocycles. The van der Waals surface area contributed by atoms with E-state index in [0.717, 1.165) is 47.5 Å². The summed E-state index contributed by atoms with van der Waals surface area (Å²) in [5, 5.41) is 14.6. The number of hydrogen-bond acceptors (Lipinski definition) is 5. The van der Waals surface area contributed by atoms with Gasteiger partial charge in [-0.05, 0) is 71.3 Å². The molecule has 2 atom stereocenters. The Kier molecular flexibility index (Phi) is 4.98. The summed E-state index contributed by atoms with van der Waals surface area (Å²) >= 11 is 3.98. The second kappa shape index (κ2) is 7.61. The zero-order chi connectivity index (χ0) is 19.1. The van der Waals surface area contributed by atoms with Gasteiger partial charge in [-0.25, -0.2) is 9.97 Å². The van der Waals surface area contributed by atoms with Gasteiger partial charge in [0.15, 0.2) is 5.13 Å². The molecule has 0 unspecified atom stereocenters. The van der Waals surface area contributed by atoms with Crippen LogP contribution in [0, 0.1) is 3.57 Å². The Morgan fingerprint density at radius 1 is 1.14 bits per heavy atom. The predicted octanol–water partition coefficient (Wildman–Crippen LogP) is 5.01. The molecule has 1 aliphatic rings. The van der Waals surface area contributed by atoms with Gasteiger partial charge in [0.05, 0.1) is 39.7 Å². The minimum atomic E-state index is -0.270. The molecule has 2 aromatic carbocycles. The van der Waals surface area contributed by atoms with E-state index in [1.165, 1.54) is 20.3 Å². The van der Waals surface area contributed by atoms with Crippen molar-refractivity contribution < 1.29 is 5.11 Å². The molecule has 7 heteroatoms. The highest BCUT2D eigenvalue weighted by atomic mass is 127. The van der Waals surface area contributed by atoms with Gasteiger partial charge in [-0.3, -0.25) is 0 Å². The van der Waals surface area contributed by atoms with Crippen molar-refractivity contribution in [2.75, 3.05) is 5.32 Å². The summed E-state index contributed by atoms with van der Waals surface area (Å²) in [6.45, 7) is 0.787. The molecule has 1 aliphatic carbocycles. The molecule has 0 bridgehead atoms. The predicted molar refractivity (Wildman–Crippen MR) is 123 cm³/mol. The Hall–Kier alpha value is -1.71. The third-order valence-corrected chi connectivity index (χ3v) is 7.05. The van der Waals surface area contributed by atoms with E-state index < -0.39 is 0 Å². The highest BCUT2D eigenvalue weighted by molar-refractivity contribution is 14.1. The van der Waals surface area contributed by atoms with E-state index in [2.05, 4.69) is 73.9 Å². The van der Waals surface area contributed by atoms with Crippen molar-refractivity contribution >= 4 is 60.3 Å². The second-order valence-corrected chi connectivity index (χ2v) is 9.71. The fourth-order valence-electron chi connectivity index (χ4n) is 3.93. The minimum Gasteiger partial charge on any atom is -0.391 e. The molecule has 4 aromatic rings. The van der Waals surface area contributed by atoms with E-state index in [4.69, 9.17) is 4.98 Å². The van der Waals surface area contributed by atoms with Crippen molar-refractivity contribution in [3.05, 3.63) is 51.9 Å². The quantitative estimate of drug-likeness (QED) is 0.384. The van der Waals surface area contributed by atoms with E-state index in [0.29, 0.717) is 0 Å². The van der Waals surface area contributed by atoms with Crippen molar-refractivity contribution in [1.29, 1.82) is 0 Å². The molecule has 144 valence electrons. The number of imidazole rings is 1. The Morgan fingerprint density at radius 2 is 2.04 bits per heavy atom. The fraction of sp³-hybridized carbons (Fsp3) is 0.333. The molecular formula is C21H21IN4OS. The average Bonchev–Trinajstić information content (AvgIpc) is 3.26. The molecule has 0 amide bonds. The standard InChI is InChI=1S/C21H21IN4OS/c22-14-6-8-18-17(10-14)23-12-26(18)11-13-5-7-16-20(9-13)28-21(25-16)24-15-3-1-2-4-19(15)27/h5-10,12,15,19,27H,1-4,11H2,(H,24,25)/t15-,19-/m1/s1. The van der Waals surface area contributed by atoms with Crippen molar-refractivity contribution in [1.82, 2.24) is 14.5 Å². The van der Waals surface area contributed by atoms with Gasteiger partial charge in [-0.2, -0.15) is 0 Å². The topological polar surface area (TPSA) is 63.0 Å². The maximum atomic E-state index is 10.2. The van der Waals surface area contributed by atoms with Crippen molar-refractivity contribution in [2.24, 2.45) is 0 Å². The van der Waals surface area contributed by atoms with Gasteiger partial charge < -0.3 is 15.0 Å². The molecule has 1 fully saturated rings. The maximum absolute atomic E-state index is 10.2. The lowest BCUT2D eigenvalue weighted by Gasteiger charge is -2.27. The summed E-state index contributed by atoms with van der Waals surface area (Å²) in [6, 6.07) is 12.9. The lowest BCUT2D eigenvalue weighted by molar-refractivity contribution is 0.116. The van der Waals surface area contributed by atoms with Crippen LogP contribution in [0.2, 0.25) is 0 Å². The van der Waals surface area contributed by atoms with Crippen LogP contribution in [0.5, 0.6) is 0 Å². The lowest BCUT2D eigenvalue weighted by atomic mass is 9.93. The molecule has 1 saturated carbocycles. The van der Waals surface area contributed by atoms with E-state index in [9.17, 15) is 5.11 Å². The first-order chi connectivity index (χ1) is 13.7. The van der Waals surface area contributed by atoms with E-state index >= 15 is 0 Å². The molecule has 28 heavy (non-hydrogen) atoms. The van der Waals surface area contributed by atoms with Crippen molar-refractivity contribution in [2.45, 2.75) is 44.4 Å². The van der Waals surface area contributed by atoms with Gasteiger partial charge in [0.1, 0.15) is 0 Å². The number of nitrogens with one attached hydrogen (secondary N) is 1. The zero-order valence-corrected chi connectivity index (χ0v) is 18.3.